The quantitative estimate of drug-likeness (QED) is 0.901. The van der Waals surface area contributed by atoms with Gasteiger partial charge in [-0.05, 0) is 30.8 Å². The lowest BCUT2D eigenvalue weighted by atomic mass is 9.87. The minimum absolute atomic E-state index is 0.0337. The standard InChI is InChI=1S/C12H19N3OS2/c1-2-9-14-15-11(18-9)10-12(16-6-5-13-10)3-7-17-8-4-12/h10,13H,2-8H2,1H3. The van der Waals surface area contributed by atoms with Crippen molar-refractivity contribution in [1.29, 1.82) is 0 Å². The monoisotopic (exact) mass is 285 g/mol. The number of nitrogens with zero attached hydrogens (tertiary/aromatic N) is 2. The Morgan fingerprint density at radius 2 is 2.22 bits per heavy atom. The average Bonchev–Trinajstić information content (AvgIpc) is 2.89. The second kappa shape index (κ2) is 5.45. The van der Waals surface area contributed by atoms with Gasteiger partial charge in [-0.1, -0.05) is 18.3 Å². The minimum atomic E-state index is -0.0337. The lowest BCUT2D eigenvalue weighted by Crippen LogP contribution is -2.54. The number of aryl methyl sites for hydroxylation is 1. The van der Waals surface area contributed by atoms with E-state index in [0.29, 0.717) is 0 Å². The van der Waals surface area contributed by atoms with E-state index in [0.717, 1.165) is 42.4 Å². The van der Waals surface area contributed by atoms with Gasteiger partial charge in [-0.2, -0.15) is 11.8 Å². The molecule has 18 heavy (non-hydrogen) atoms. The van der Waals surface area contributed by atoms with Crippen LogP contribution in [0.1, 0.15) is 35.8 Å². The summed E-state index contributed by atoms with van der Waals surface area (Å²) in [6, 6.07) is 0.241. The Bertz CT molecular complexity index is 396. The third kappa shape index (κ3) is 2.31. The third-order valence-corrected chi connectivity index (χ3v) is 5.86. The number of hydrogen-bond acceptors (Lipinski definition) is 6. The van der Waals surface area contributed by atoms with Crippen LogP contribution in [0.25, 0.3) is 0 Å². The van der Waals surface area contributed by atoms with Gasteiger partial charge >= 0.3 is 0 Å². The molecule has 1 aromatic heterocycles. The van der Waals surface area contributed by atoms with Crippen LogP contribution in [0.5, 0.6) is 0 Å². The molecule has 0 bridgehead atoms. The molecule has 2 fully saturated rings. The van der Waals surface area contributed by atoms with Gasteiger partial charge in [-0.3, -0.25) is 0 Å². The molecule has 4 nitrogen and oxygen atoms in total. The molecule has 0 aliphatic carbocycles. The van der Waals surface area contributed by atoms with Gasteiger partial charge in [0, 0.05) is 6.54 Å². The molecule has 3 heterocycles. The molecule has 6 heteroatoms. The maximum atomic E-state index is 6.18. The van der Waals surface area contributed by atoms with E-state index in [9.17, 15) is 0 Å². The molecule has 100 valence electrons. The molecule has 2 aliphatic heterocycles. The predicted octanol–water partition coefficient (Wildman–Crippen LogP) is 2.03. The number of aromatic nitrogens is 2. The second-order valence-electron chi connectivity index (χ2n) is 4.80. The zero-order valence-electron chi connectivity index (χ0n) is 10.6. The molecule has 0 aromatic carbocycles. The van der Waals surface area contributed by atoms with Crippen molar-refractivity contribution in [3.8, 4) is 0 Å². The maximum Gasteiger partial charge on any atom is 0.137 e. The Morgan fingerprint density at radius 3 is 2.94 bits per heavy atom. The van der Waals surface area contributed by atoms with Gasteiger partial charge in [-0.15, -0.1) is 10.2 Å². The summed E-state index contributed by atoms with van der Waals surface area (Å²) >= 11 is 3.76. The van der Waals surface area contributed by atoms with Crippen molar-refractivity contribution in [3.05, 3.63) is 10.0 Å². The van der Waals surface area contributed by atoms with Crippen molar-refractivity contribution in [2.24, 2.45) is 0 Å². The van der Waals surface area contributed by atoms with Crippen molar-refractivity contribution < 1.29 is 4.74 Å². The van der Waals surface area contributed by atoms with E-state index in [1.165, 1.54) is 11.5 Å². The average molecular weight is 285 g/mol. The van der Waals surface area contributed by atoms with Gasteiger partial charge in [0.2, 0.25) is 0 Å². The summed E-state index contributed by atoms with van der Waals surface area (Å²) in [6.07, 6.45) is 3.21. The topological polar surface area (TPSA) is 47.0 Å². The predicted molar refractivity (Wildman–Crippen MR) is 75.3 cm³/mol. The summed E-state index contributed by atoms with van der Waals surface area (Å²) in [5, 5.41) is 14.5. The molecule has 3 rings (SSSR count). The van der Waals surface area contributed by atoms with Crippen molar-refractivity contribution in [3.63, 3.8) is 0 Å². The van der Waals surface area contributed by atoms with E-state index < -0.39 is 0 Å². The highest BCUT2D eigenvalue weighted by Crippen LogP contribution is 2.42. The van der Waals surface area contributed by atoms with E-state index in [2.05, 4.69) is 22.4 Å². The van der Waals surface area contributed by atoms with Crippen molar-refractivity contribution in [2.45, 2.75) is 37.8 Å². The molecular formula is C12H19N3OS2. The van der Waals surface area contributed by atoms with Gasteiger partial charge in [0.1, 0.15) is 10.0 Å². The number of thioether (sulfide) groups is 1. The zero-order valence-corrected chi connectivity index (χ0v) is 12.3. The minimum Gasteiger partial charge on any atom is -0.372 e. The van der Waals surface area contributed by atoms with Crippen LogP contribution >= 0.6 is 23.1 Å². The number of hydrogen-bond donors (Lipinski definition) is 1. The van der Waals surface area contributed by atoms with E-state index >= 15 is 0 Å². The molecule has 1 unspecified atom stereocenters. The first kappa shape index (κ1) is 12.8. The smallest absolute Gasteiger partial charge is 0.137 e. The number of ether oxygens (including phenoxy) is 1. The summed E-state index contributed by atoms with van der Waals surface area (Å²) in [5.41, 5.74) is -0.0337. The maximum absolute atomic E-state index is 6.18. The van der Waals surface area contributed by atoms with Crippen LogP contribution in [0.4, 0.5) is 0 Å². The number of morpholine rings is 1. The number of rotatable bonds is 2. The van der Waals surface area contributed by atoms with Crippen LogP contribution < -0.4 is 5.32 Å². The number of nitrogens with one attached hydrogen (secondary N) is 1. The largest absolute Gasteiger partial charge is 0.372 e. The highest BCUT2D eigenvalue weighted by molar-refractivity contribution is 7.99. The Kier molecular flexibility index (Phi) is 3.89. The SMILES string of the molecule is CCc1nnc(C2NCCOC23CCSCC3)s1. The van der Waals surface area contributed by atoms with Gasteiger partial charge in [-0.25, -0.2) is 0 Å². The Morgan fingerprint density at radius 1 is 1.39 bits per heavy atom. The fourth-order valence-electron chi connectivity index (χ4n) is 2.72. The molecular weight excluding hydrogens is 266 g/mol. The first-order valence-electron chi connectivity index (χ1n) is 6.61. The summed E-state index contributed by atoms with van der Waals surface area (Å²) in [6.45, 7) is 3.86. The molecule has 1 N–H and O–H groups in total. The lowest BCUT2D eigenvalue weighted by Gasteiger charge is -2.45. The fourth-order valence-corrected chi connectivity index (χ4v) is 4.86. The molecule has 1 aromatic rings. The highest BCUT2D eigenvalue weighted by Gasteiger charge is 2.45. The highest BCUT2D eigenvalue weighted by atomic mass is 32.2. The van der Waals surface area contributed by atoms with Crippen LogP contribution in [-0.2, 0) is 11.2 Å². The van der Waals surface area contributed by atoms with Gasteiger partial charge in [0.25, 0.3) is 0 Å². The van der Waals surface area contributed by atoms with E-state index in [1.54, 1.807) is 11.3 Å². The van der Waals surface area contributed by atoms with Crippen molar-refractivity contribution >= 4 is 23.1 Å². The first-order chi connectivity index (χ1) is 8.84. The molecule has 2 aliphatic rings. The molecule has 0 radical (unpaired) electrons. The fraction of sp³-hybridized carbons (Fsp3) is 0.833. The van der Waals surface area contributed by atoms with Crippen molar-refractivity contribution in [1.82, 2.24) is 15.5 Å². The Labute approximate surface area is 116 Å². The van der Waals surface area contributed by atoms with Crippen molar-refractivity contribution in [2.75, 3.05) is 24.7 Å². The normalized spacial score (nSPS) is 27.5. The Hall–Kier alpha value is -0.170. The summed E-state index contributed by atoms with van der Waals surface area (Å²) < 4.78 is 6.18. The molecule has 1 atom stereocenters. The van der Waals surface area contributed by atoms with E-state index in [4.69, 9.17) is 4.74 Å². The van der Waals surface area contributed by atoms with Crippen LogP contribution in [0.3, 0.4) is 0 Å². The Balaban J connectivity index is 1.86. The van der Waals surface area contributed by atoms with E-state index in [1.807, 2.05) is 11.8 Å². The lowest BCUT2D eigenvalue weighted by molar-refractivity contribution is -0.103. The van der Waals surface area contributed by atoms with Gasteiger partial charge in [0.05, 0.1) is 18.2 Å². The van der Waals surface area contributed by atoms with Crippen LogP contribution in [0, 0.1) is 0 Å². The van der Waals surface area contributed by atoms with Gasteiger partial charge in [0.15, 0.2) is 0 Å². The molecule has 2 saturated heterocycles. The molecule has 1 spiro atoms. The summed E-state index contributed by atoms with van der Waals surface area (Å²) in [4.78, 5) is 0. The second-order valence-corrected chi connectivity index (χ2v) is 7.12. The third-order valence-electron chi connectivity index (χ3n) is 3.74. The molecule has 0 amide bonds. The van der Waals surface area contributed by atoms with Crippen LogP contribution in [0.2, 0.25) is 0 Å². The summed E-state index contributed by atoms with van der Waals surface area (Å²) in [5.74, 6) is 2.38. The van der Waals surface area contributed by atoms with Crippen LogP contribution in [0.15, 0.2) is 0 Å². The molecule has 0 saturated carbocycles. The summed E-state index contributed by atoms with van der Waals surface area (Å²) in [7, 11) is 0. The first-order valence-corrected chi connectivity index (χ1v) is 8.58. The van der Waals surface area contributed by atoms with Crippen LogP contribution in [-0.4, -0.2) is 40.5 Å². The van der Waals surface area contributed by atoms with E-state index in [-0.39, 0.29) is 11.6 Å². The van der Waals surface area contributed by atoms with Gasteiger partial charge < -0.3 is 10.1 Å². The zero-order chi connectivity index (χ0) is 12.4.